The second-order valence-electron chi connectivity index (χ2n) is 4.88. The number of halogens is 2. The smallest absolute Gasteiger partial charge is 0.263 e. The SMILES string of the molecule is CC(O/N=C/c1ccc(Cl)cc1)C(=O)NCc1ccc(Cl)cc1. The van der Waals surface area contributed by atoms with Crippen molar-refractivity contribution in [3.63, 3.8) is 0 Å². The number of nitrogens with one attached hydrogen (secondary N) is 1. The van der Waals surface area contributed by atoms with Crippen molar-refractivity contribution in [2.45, 2.75) is 19.6 Å². The normalized spacial score (nSPS) is 12.1. The zero-order valence-electron chi connectivity index (χ0n) is 12.5. The van der Waals surface area contributed by atoms with E-state index in [0.717, 1.165) is 11.1 Å². The summed E-state index contributed by atoms with van der Waals surface area (Å²) in [4.78, 5) is 17.1. The lowest BCUT2D eigenvalue weighted by molar-refractivity contribution is -0.131. The van der Waals surface area contributed by atoms with E-state index in [1.165, 1.54) is 6.21 Å². The van der Waals surface area contributed by atoms with Gasteiger partial charge in [-0.15, -0.1) is 0 Å². The van der Waals surface area contributed by atoms with Gasteiger partial charge in [0.15, 0.2) is 0 Å². The van der Waals surface area contributed by atoms with Crippen LogP contribution >= 0.6 is 23.2 Å². The summed E-state index contributed by atoms with van der Waals surface area (Å²) in [7, 11) is 0. The van der Waals surface area contributed by atoms with Crippen molar-refractivity contribution >= 4 is 35.3 Å². The molecule has 0 heterocycles. The lowest BCUT2D eigenvalue weighted by atomic mass is 10.2. The van der Waals surface area contributed by atoms with Crippen molar-refractivity contribution in [1.82, 2.24) is 5.32 Å². The highest BCUT2D eigenvalue weighted by Crippen LogP contribution is 2.09. The van der Waals surface area contributed by atoms with E-state index in [4.69, 9.17) is 28.0 Å². The Balaban J connectivity index is 1.78. The van der Waals surface area contributed by atoms with Crippen LogP contribution in [0.4, 0.5) is 0 Å². The summed E-state index contributed by atoms with van der Waals surface area (Å²) < 4.78 is 0. The van der Waals surface area contributed by atoms with E-state index < -0.39 is 6.10 Å². The van der Waals surface area contributed by atoms with Gasteiger partial charge in [0.25, 0.3) is 5.91 Å². The second kappa shape index (κ2) is 8.56. The van der Waals surface area contributed by atoms with Gasteiger partial charge in [0.1, 0.15) is 0 Å². The first-order valence-corrected chi connectivity index (χ1v) is 7.77. The van der Waals surface area contributed by atoms with E-state index in [1.807, 2.05) is 12.1 Å². The van der Waals surface area contributed by atoms with Crippen LogP contribution < -0.4 is 5.32 Å². The zero-order valence-corrected chi connectivity index (χ0v) is 14.0. The third kappa shape index (κ3) is 5.93. The summed E-state index contributed by atoms with van der Waals surface area (Å²) in [5.74, 6) is -0.242. The summed E-state index contributed by atoms with van der Waals surface area (Å²) in [6.07, 6.45) is 0.838. The van der Waals surface area contributed by atoms with Gasteiger partial charge in [-0.3, -0.25) is 4.79 Å². The number of hydrogen-bond donors (Lipinski definition) is 1. The Morgan fingerprint density at radius 2 is 1.70 bits per heavy atom. The van der Waals surface area contributed by atoms with Gasteiger partial charge in [-0.1, -0.05) is 52.6 Å². The lowest BCUT2D eigenvalue weighted by Crippen LogP contribution is -2.33. The van der Waals surface area contributed by atoms with E-state index in [1.54, 1.807) is 43.3 Å². The Morgan fingerprint density at radius 1 is 1.13 bits per heavy atom. The van der Waals surface area contributed by atoms with Crippen molar-refractivity contribution in [3.8, 4) is 0 Å². The first-order chi connectivity index (χ1) is 11.0. The molecule has 2 aromatic rings. The van der Waals surface area contributed by atoms with Gasteiger partial charge in [0.2, 0.25) is 6.10 Å². The molecular weight excluding hydrogens is 335 g/mol. The fourth-order valence-corrected chi connectivity index (χ4v) is 1.97. The van der Waals surface area contributed by atoms with Crippen molar-refractivity contribution in [2.75, 3.05) is 0 Å². The van der Waals surface area contributed by atoms with Gasteiger partial charge >= 0.3 is 0 Å². The fraction of sp³-hybridized carbons (Fsp3) is 0.176. The molecule has 0 bridgehead atoms. The quantitative estimate of drug-likeness (QED) is 0.631. The average Bonchev–Trinajstić information content (AvgIpc) is 2.55. The molecule has 1 unspecified atom stereocenters. The molecule has 0 aliphatic carbocycles. The summed E-state index contributed by atoms with van der Waals surface area (Å²) in [6.45, 7) is 2.04. The van der Waals surface area contributed by atoms with Gasteiger partial charge in [-0.25, -0.2) is 0 Å². The van der Waals surface area contributed by atoms with Crippen LogP contribution in [0.15, 0.2) is 53.7 Å². The minimum absolute atomic E-state index is 0.242. The number of nitrogens with zero attached hydrogens (tertiary/aromatic N) is 1. The number of benzene rings is 2. The maximum atomic E-state index is 11.9. The van der Waals surface area contributed by atoms with Gasteiger partial charge < -0.3 is 10.2 Å². The minimum Gasteiger partial charge on any atom is -0.383 e. The molecule has 0 aliphatic heterocycles. The van der Waals surface area contributed by atoms with Gasteiger partial charge in [0, 0.05) is 16.6 Å². The molecule has 6 heteroatoms. The molecule has 1 amide bonds. The molecule has 0 radical (unpaired) electrons. The van der Waals surface area contributed by atoms with E-state index >= 15 is 0 Å². The van der Waals surface area contributed by atoms with Crippen LogP contribution in [0.3, 0.4) is 0 Å². The number of hydrogen-bond acceptors (Lipinski definition) is 3. The Bertz CT molecular complexity index is 670. The summed E-state index contributed by atoms with van der Waals surface area (Å²) in [6, 6.07) is 14.4. The molecule has 0 aliphatic rings. The topological polar surface area (TPSA) is 50.7 Å². The van der Waals surface area contributed by atoms with Gasteiger partial charge in [-0.2, -0.15) is 0 Å². The summed E-state index contributed by atoms with van der Waals surface area (Å²) in [5.41, 5.74) is 1.79. The first kappa shape index (κ1) is 17.3. The number of rotatable bonds is 6. The number of carbonyl (C=O) groups excluding carboxylic acids is 1. The molecule has 2 aromatic carbocycles. The molecule has 0 saturated carbocycles. The Kier molecular flexibility index (Phi) is 6.44. The van der Waals surface area contributed by atoms with E-state index in [-0.39, 0.29) is 5.91 Å². The molecule has 0 fully saturated rings. The first-order valence-electron chi connectivity index (χ1n) is 7.01. The molecule has 2 rings (SSSR count). The summed E-state index contributed by atoms with van der Waals surface area (Å²) in [5, 5.41) is 7.90. The van der Waals surface area contributed by atoms with Crippen LogP contribution in [0.1, 0.15) is 18.1 Å². The molecule has 0 aromatic heterocycles. The molecule has 0 saturated heterocycles. The number of carbonyl (C=O) groups is 1. The van der Waals surface area contributed by atoms with Crippen LogP contribution in [0, 0.1) is 0 Å². The largest absolute Gasteiger partial charge is 0.383 e. The van der Waals surface area contributed by atoms with Crippen LogP contribution in [0.5, 0.6) is 0 Å². The lowest BCUT2D eigenvalue weighted by Gasteiger charge is -2.10. The van der Waals surface area contributed by atoms with E-state index in [2.05, 4.69) is 10.5 Å². The highest BCUT2D eigenvalue weighted by Gasteiger charge is 2.13. The van der Waals surface area contributed by atoms with Crippen LogP contribution in [0.25, 0.3) is 0 Å². The third-order valence-electron chi connectivity index (χ3n) is 3.04. The third-order valence-corrected chi connectivity index (χ3v) is 3.54. The standard InChI is InChI=1S/C17H16Cl2N2O2/c1-12(23-21-11-14-4-8-16(19)9-5-14)17(22)20-10-13-2-6-15(18)7-3-13/h2-9,11-12H,10H2,1H3,(H,20,22)/b21-11+. The van der Waals surface area contributed by atoms with Crippen LogP contribution in [0.2, 0.25) is 10.0 Å². The molecule has 120 valence electrons. The number of oxime groups is 1. The van der Waals surface area contributed by atoms with Crippen molar-refractivity contribution in [2.24, 2.45) is 5.16 Å². The van der Waals surface area contributed by atoms with Crippen molar-refractivity contribution < 1.29 is 9.63 Å². The van der Waals surface area contributed by atoms with Gasteiger partial charge in [0.05, 0.1) is 6.21 Å². The minimum atomic E-state index is -0.689. The Morgan fingerprint density at radius 3 is 2.30 bits per heavy atom. The fourth-order valence-electron chi connectivity index (χ4n) is 1.71. The molecule has 1 atom stereocenters. The monoisotopic (exact) mass is 350 g/mol. The molecular formula is C17H16Cl2N2O2. The highest BCUT2D eigenvalue weighted by molar-refractivity contribution is 6.30. The summed E-state index contributed by atoms with van der Waals surface area (Å²) >= 11 is 11.6. The highest BCUT2D eigenvalue weighted by atomic mass is 35.5. The molecule has 0 spiro atoms. The predicted molar refractivity (Wildman–Crippen MR) is 92.9 cm³/mol. The average molecular weight is 351 g/mol. The Hall–Kier alpha value is -2.04. The molecule has 23 heavy (non-hydrogen) atoms. The maximum absolute atomic E-state index is 11.9. The predicted octanol–water partition coefficient (Wildman–Crippen LogP) is 4.05. The number of amides is 1. The zero-order chi connectivity index (χ0) is 16.7. The molecule has 4 nitrogen and oxygen atoms in total. The molecule has 1 N–H and O–H groups in total. The van der Waals surface area contributed by atoms with E-state index in [0.29, 0.717) is 16.6 Å². The Labute approximate surface area is 145 Å². The van der Waals surface area contributed by atoms with Crippen molar-refractivity contribution in [1.29, 1.82) is 0 Å². The van der Waals surface area contributed by atoms with Crippen molar-refractivity contribution in [3.05, 3.63) is 69.7 Å². The second-order valence-corrected chi connectivity index (χ2v) is 5.75. The van der Waals surface area contributed by atoms with Gasteiger partial charge in [-0.05, 0) is 42.3 Å². The van der Waals surface area contributed by atoms with E-state index in [9.17, 15) is 4.79 Å². The maximum Gasteiger partial charge on any atom is 0.263 e. The van der Waals surface area contributed by atoms with Crippen LogP contribution in [-0.4, -0.2) is 18.2 Å². The van der Waals surface area contributed by atoms with Crippen LogP contribution in [-0.2, 0) is 16.2 Å².